The van der Waals surface area contributed by atoms with Gasteiger partial charge in [0.15, 0.2) is 5.69 Å². The topological polar surface area (TPSA) is 64.7 Å². The standard InChI is InChI=1S/C18H17F4N5O/c1-12-10-16(18(20,21)22)25-27(12)11-17(28)23-8-6-14-7-9-26(24-14)15-4-2-13(19)3-5-15/h2-5,7,9-10H,6,8,11H2,1H3,(H,23,28). The smallest absolute Gasteiger partial charge is 0.354 e. The zero-order valence-corrected chi connectivity index (χ0v) is 14.9. The van der Waals surface area contributed by atoms with E-state index in [4.69, 9.17) is 0 Å². The Hall–Kier alpha value is -3.17. The quantitative estimate of drug-likeness (QED) is 0.653. The third kappa shape index (κ3) is 4.76. The first kappa shape index (κ1) is 19.6. The van der Waals surface area contributed by atoms with Gasteiger partial charge in [0, 0.05) is 24.9 Å². The summed E-state index contributed by atoms with van der Waals surface area (Å²) in [6, 6.07) is 8.51. The molecule has 1 aromatic carbocycles. The summed E-state index contributed by atoms with van der Waals surface area (Å²) in [4.78, 5) is 12.0. The SMILES string of the molecule is Cc1cc(C(F)(F)F)nn1CC(=O)NCCc1ccn(-c2ccc(F)cc2)n1. The molecule has 10 heteroatoms. The molecule has 148 valence electrons. The molecule has 0 radical (unpaired) electrons. The van der Waals surface area contributed by atoms with Gasteiger partial charge in [0.05, 0.1) is 11.4 Å². The molecule has 0 saturated carbocycles. The van der Waals surface area contributed by atoms with Crippen LogP contribution in [0.15, 0.2) is 42.6 Å². The lowest BCUT2D eigenvalue weighted by Gasteiger charge is -2.06. The van der Waals surface area contributed by atoms with Crippen LogP contribution in [0.3, 0.4) is 0 Å². The van der Waals surface area contributed by atoms with Gasteiger partial charge in [-0.15, -0.1) is 0 Å². The fourth-order valence-electron chi connectivity index (χ4n) is 2.56. The monoisotopic (exact) mass is 395 g/mol. The summed E-state index contributed by atoms with van der Waals surface area (Å²) in [5, 5.41) is 10.4. The molecule has 0 aliphatic carbocycles. The van der Waals surface area contributed by atoms with E-state index in [0.29, 0.717) is 17.8 Å². The molecule has 2 aromatic heterocycles. The van der Waals surface area contributed by atoms with Crippen LogP contribution in [0.2, 0.25) is 0 Å². The van der Waals surface area contributed by atoms with E-state index in [1.54, 1.807) is 29.1 Å². The summed E-state index contributed by atoms with van der Waals surface area (Å²) in [6.45, 7) is 1.43. The van der Waals surface area contributed by atoms with E-state index in [0.717, 1.165) is 10.7 Å². The maximum Gasteiger partial charge on any atom is 0.435 e. The van der Waals surface area contributed by atoms with Gasteiger partial charge in [0.25, 0.3) is 0 Å². The van der Waals surface area contributed by atoms with Crippen molar-refractivity contribution in [2.24, 2.45) is 0 Å². The Kier molecular flexibility index (Phi) is 5.48. The summed E-state index contributed by atoms with van der Waals surface area (Å²) in [5.41, 5.74) is 0.634. The predicted octanol–water partition coefficient (Wildman–Crippen LogP) is 2.89. The van der Waals surface area contributed by atoms with Crippen molar-refractivity contribution in [1.82, 2.24) is 24.9 Å². The van der Waals surface area contributed by atoms with Crippen molar-refractivity contribution in [2.75, 3.05) is 6.54 Å². The Morgan fingerprint density at radius 1 is 1.14 bits per heavy atom. The average molecular weight is 395 g/mol. The molecule has 1 N–H and O–H groups in total. The zero-order chi connectivity index (χ0) is 20.3. The number of hydrogen-bond donors (Lipinski definition) is 1. The van der Waals surface area contributed by atoms with Gasteiger partial charge in [0.2, 0.25) is 5.91 Å². The Balaban J connectivity index is 1.51. The summed E-state index contributed by atoms with van der Waals surface area (Å²) >= 11 is 0. The first-order valence-electron chi connectivity index (χ1n) is 8.41. The molecule has 28 heavy (non-hydrogen) atoms. The van der Waals surface area contributed by atoms with Gasteiger partial charge in [-0.1, -0.05) is 0 Å². The minimum atomic E-state index is -4.55. The molecule has 0 spiro atoms. The molecule has 6 nitrogen and oxygen atoms in total. The predicted molar refractivity (Wildman–Crippen MR) is 92.2 cm³/mol. The normalized spacial score (nSPS) is 11.6. The molecule has 1 amide bonds. The molecule has 0 aliphatic rings. The van der Waals surface area contributed by atoms with Crippen molar-refractivity contribution >= 4 is 5.91 Å². The van der Waals surface area contributed by atoms with Crippen LogP contribution in [0.25, 0.3) is 5.69 Å². The number of carbonyl (C=O) groups is 1. The van der Waals surface area contributed by atoms with Crippen molar-refractivity contribution in [2.45, 2.75) is 26.1 Å². The van der Waals surface area contributed by atoms with Crippen molar-refractivity contribution < 1.29 is 22.4 Å². The van der Waals surface area contributed by atoms with E-state index < -0.39 is 17.8 Å². The largest absolute Gasteiger partial charge is 0.435 e. The van der Waals surface area contributed by atoms with E-state index in [1.165, 1.54) is 19.1 Å². The van der Waals surface area contributed by atoms with Crippen LogP contribution in [0.4, 0.5) is 17.6 Å². The summed E-state index contributed by atoms with van der Waals surface area (Å²) < 4.78 is 53.5. The fourth-order valence-corrected chi connectivity index (χ4v) is 2.56. The van der Waals surface area contributed by atoms with Crippen LogP contribution in [-0.4, -0.2) is 32.0 Å². The fraction of sp³-hybridized carbons (Fsp3) is 0.278. The second-order valence-corrected chi connectivity index (χ2v) is 6.15. The summed E-state index contributed by atoms with van der Waals surface area (Å²) in [6.07, 6.45) is -2.39. The number of halogens is 4. The van der Waals surface area contributed by atoms with E-state index >= 15 is 0 Å². The van der Waals surface area contributed by atoms with Gasteiger partial charge in [0.1, 0.15) is 12.4 Å². The van der Waals surface area contributed by atoms with E-state index in [2.05, 4.69) is 15.5 Å². The Bertz CT molecular complexity index is 959. The molecule has 3 rings (SSSR count). The van der Waals surface area contributed by atoms with Crippen LogP contribution in [-0.2, 0) is 23.9 Å². The highest BCUT2D eigenvalue weighted by Crippen LogP contribution is 2.28. The van der Waals surface area contributed by atoms with Gasteiger partial charge in [-0.25, -0.2) is 9.07 Å². The number of nitrogens with zero attached hydrogens (tertiary/aromatic N) is 4. The van der Waals surface area contributed by atoms with E-state index in [9.17, 15) is 22.4 Å². The van der Waals surface area contributed by atoms with Crippen LogP contribution in [0.5, 0.6) is 0 Å². The average Bonchev–Trinajstić information content (AvgIpc) is 3.23. The highest BCUT2D eigenvalue weighted by Gasteiger charge is 2.34. The number of alkyl halides is 3. The van der Waals surface area contributed by atoms with Gasteiger partial charge in [-0.3, -0.25) is 9.48 Å². The third-order valence-corrected chi connectivity index (χ3v) is 4.00. The number of rotatable bonds is 6. The number of carbonyl (C=O) groups excluding carboxylic acids is 1. The van der Waals surface area contributed by atoms with Crippen molar-refractivity contribution in [3.05, 3.63) is 65.5 Å². The molecular formula is C18H17F4N5O. The molecule has 0 bridgehead atoms. The minimum Gasteiger partial charge on any atom is -0.354 e. The molecule has 0 atom stereocenters. The van der Waals surface area contributed by atoms with Crippen molar-refractivity contribution in [3.8, 4) is 5.69 Å². The summed E-state index contributed by atoms with van der Waals surface area (Å²) in [5.74, 6) is -0.786. The van der Waals surface area contributed by atoms with Crippen LogP contribution < -0.4 is 5.32 Å². The van der Waals surface area contributed by atoms with E-state index in [-0.39, 0.29) is 24.6 Å². The molecule has 0 aliphatic heterocycles. The van der Waals surface area contributed by atoms with Crippen LogP contribution in [0.1, 0.15) is 17.1 Å². The molecule has 0 saturated heterocycles. The Labute approximate surface area is 157 Å². The number of amides is 1. The summed E-state index contributed by atoms with van der Waals surface area (Å²) in [7, 11) is 0. The lowest BCUT2D eigenvalue weighted by Crippen LogP contribution is -2.30. The minimum absolute atomic E-state index is 0.250. The molecular weight excluding hydrogens is 378 g/mol. The zero-order valence-electron chi connectivity index (χ0n) is 14.9. The van der Waals surface area contributed by atoms with Crippen molar-refractivity contribution in [3.63, 3.8) is 0 Å². The molecule has 0 unspecified atom stereocenters. The van der Waals surface area contributed by atoms with Gasteiger partial charge < -0.3 is 5.32 Å². The maximum absolute atomic E-state index is 13.0. The number of nitrogens with one attached hydrogen (secondary N) is 1. The highest BCUT2D eigenvalue weighted by atomic mass is 19.4. The molecule has 3 aromatic rings. The number of aryl methyl sites for hydroxylation is 1. The second kappa shape index (κ2) is 7.83. The lowest BCUT2D eigenvalue weighted by atomic mass is 10.3. The third-order valence-electron chi connectivity index (χ3n) is 4.00. The number of benzene rings is 1. The maximum atomic E-state index is 13.0. The Morgan fingerprint density at radius 3 is 2.50 bits per heavy atom. The van der Waals surface area contributed by atoms with Gasteiger partial charge >= 0.3 is 6.18 Å². The number of hydrogen-bond acceptors (Lipinski definition) is 3. The van der Waals surface area contributed by atoms with Crippen LogP contribution >= 0.6 is 0 Å². The second-order valence-electron chi connectivity index (χ2n) is 6.15. The first-order valence-corrected chi connectivity index (χ1v) is 8.41. The number of aromatic nitrogens is 4. The van der Waals surface area contributed by atoms with Crippen LogP contribution in [0, 0.1) is 12.7 Å². The first-order chi connectivity index (χ1) is 13.2. The highest BCUT2D eigenvalue weighted by molar-refractivity contribution is 5.75. The van der Waals surface area contributed by atoms with Gasteiger partial charge in [-0.05, 0) is 43.3 Å². The Morgan fingerprint density at radius 2 is 1.86 bits per heavy atom. The molecule has 2 heterocycles. The van der Waals surface area contributed by atoms with Crippen molar-refractivity contribution in [1.29, 1.82) is 0 Å². The molecule has 0 fully saturated rings. The van der Waals surface area contributed by atoms with E-state index in [1.807, 2.05) is 0 Å². The lowest BCUT2D eigenvalue weighted by molar-refractivity contribution is -0.141. The van der Waals surface area contributed by atoms with Gasteiger partial charge in [-0.2, -0.15) is 23.4 Å².